The van der Waals surface area contributed by atoms with Gasteiger partial charge in [-0.2, -0.15) is 5.10 Å². The molecule has 2 heterocycles. The lowest BCUT2D eigenvalue weighted by atomic mass is 10.2. The molecule has 0 unspecified atom stereocenters. The van der Waals surface area contributed by atoms with Gasteiger partial charge >= 0.3 is 5.97 Å². The Morgan fingerprint density at radius 2 is 2.19 bits per heavy atom. The largest absolute Gasteiger partial charge is 0.476 e. The van der Waals surface area contributed by atoms with Crippen LogP contribution < -0.4 is 0 Å². The first-order valence-electron chi connectivity index (χ1n) is 5.60. The first kappa shape index (κ1) is 11.1. The highest BCUT2D eigenvalue weighted by atomic mass is 16.4. The van der Waals surface area contributed by atoms with E-state index in [0.29, 0.717) is 12.6 Å². The van der Waals surface area contributed by atoms with Crippen molar-refractivity contribution in [3.63, 3.8) is 0 Å². The predicted octanol–water partition coefficient (Wildman–Crippen LogP) is 1.33. The van der Waals surface area contributed by atoms with Crippen LogP contribution in [0.2, 0.25) is 0 Å². The fraction of sp³-hybridized carbons (Fsp3) is 0.636. The Kier molecular flexibility index (Phi) is 2.71. The number of carboxylic acids is 1. The molecule has 0 fully saturated rings. The van der Waals surface area contributed by atoms with Crippen LogP contribution in [0.4, 0.5) is 0 Å². The van der Waals surface area contributed by atoms with Gasteiger partial charge in [0.25, 0.3) is 0 Å². The summed E-state index contributed by atoms with van der Waals surface area (Å²) in [6.45, 7) is 8.46. The van der Waals surface area contributed by atoms with E-state index in [4.69, 9.17) is 5.11 Å². The van der Waals surface area contributed by atoms with Crippen molar-refractivity contribution in [2.45, 2.75) is 46.4 Å². The number of aromatic carboxylic acids is 1. The molecular weight excluding hydrogens is 206 g/mol. The van der Waals surface area contributed by atoms with E-state index in [9.17, 15) is 4.79 Å². The van der Waals surface area contributed by atoms with Crippen LogP contribution in [0.15, 0.2) is 0 Å². The van der Waals surface area contributed by atoms with E-state index in [2.05, 4.69) is 23.8 Å². The molecule has 1 N–H and O–H groups in total. The maximum absolute atomic E-state index is 11.1. The molecule has 0 saturated carbocycles. The zero-order valence-corrected chi connectivity index (χ0v) is 9.90. The van der Waals surface area contributed by atoms with Crippen molar-refractivity contribution in [1.82, 2.24) is 14.7 Å². The van der Waals surface area contributed by atoms with Gasteiger partial charge in [-0.05, 0) is 20.8 Å². The number of carbonyl (C=O) groups is 1. The fourth-order valence-electron chi connectivity index (χ4n) is 2.13. The van der Waals surface area contributed by atoms with Crippen LogP contribution >= 0.6 is 0 Å². The Labute approximate surface area is 94.7 Å². The van der Waals surface area contributed by atoms with Crippen LogP contribution in [0.1, 0.15) is 42.5 Å². The number of fused-ring (bicyclic) bond motifs is 1. The van der Waals surface area contributed by atoms with Crippen LogP contribution in [0.5, 0.6) is 0 Å². The van der Waals surface area contributed by atoms with Crippen molar-refractivity contribution in [1.29, 1.82) is 0 Å². The minimum Gasteiger partial charge on any atom is -0.476 e. The minimum atomic E-state index is -0.922. The molecule has 0 saturated heterocycles. The molecule has 0 spiro atoms. The Balaban J connectivity index is 2.40. The number of hydrogen-bond acceptors (Lipinski definition) is 3. The number of nitrogens with zero attached hydrogens (tertiary/aromatic N) is 3. The average Bonchev–Trinajstić information content (AvgIpc) is 2.73. The quantitative estimate of drug-likeness (QED) is 0.839. The van der Waals surface area contributed by atoms with Gasteiger partial charge in [-0.3, -0.25) is 9.58 Å². The summed E-state index contributed by atoms with van der Waals surface area (Å²) in [5.74, 6) is -0.922. The normalized spacial score (nSPS) is 15.8. The Hall–Kier alpha value is -1.36. The van der Waals surface area contributed by atoms with Crippen LogP contribution in [-0.4, -0.2) is 31.8 Å². The summed E-state index contributed by atoms with van der Waals surface area (Å²) >= 11 is 0. The van der Waals surface area contributed by atoms with E-state index in [0.717, 1.165) is 24.3 Å². The molecule has 1 aromatic heterocycles. The molecule has 0 aromatic carbocycles. The van der Waals surface area contributed by atoms with E-state index in [1.807, 2.05) is 6.92 Å². The van der Waals surface area contributed by atoms with E-state index in [1.54, 1.807) is 4.68 Å². The fourth-order valence-corrected chi connectivity index (χ4v) is 2.13. The van der Waals surface area contributed by atoms with Gasteiger partial charge in [0, 0.05) is 31.2 Å². The molecule has 5 nitrogen and oxygen atoms in total. The molecule has 16 heavy (non-hydrogen) atoms. The van der Waals surface area contributed by atoms with Gasteiger partial charge in [0.2, 0.25) is 0 Å². The van der Waals surface area contributed by atoms with Crippen LogP contribution in [0.3, 0.4) is 0 Å². The third-order valence-electron chi connectivity index (χ3n) is 3.11. The maximum atomic E-state index is 11.1. The summed E-state index contributed by atoms with van der Waals surface area (Å²) in [6, 6.07) is 0.430. The second-order valence-corrected chi connectivity index (χ2v) is 4.39. The molecule has 1 aliphatic rings. The number of aromatic nitrogens is 2. The summed E-state index contributed by atoms with van der Waals surface area (Å²) in [5, 5.41) is 13.2. The summed E-state index contributed by atoms with van der Waals surface area (Å²) in [6.07, 6.45) is 0. The molecule has 5 heteroatoms. The predicted molar refractivity (Wildman–Crippen MR) is 59.2 cm³/mol. The maximum Gasteiger partial charge on any atom is 0.356 e. The lowest BCUT2D eigenvalue weighted by molar-refractivity contribution is 0.0686. The highest BCUT2D eigenvalue weighted by molar-refractivity contribution is 5.87. The first-order chi connectivity index (χ1) is 7.54. The molecule has 2 rings (SSSR count). The van der Waals surface area contributed by atoms with Gasteiger partial charge in [-0.25, -0.2) is 4.79 Å². The number of hydrogen-bond donors (Lipinski definition) is 1. The SMILES string of the molecule is CCn1nc(C(=O)O)c2c1CN(C(C)C)C2. The Morgan fingerprint density at radius 3 is 2.69 bits per heavy atom. The second-order valence-electron chi connectivity index (χ2n) is 4.39. The molecule has 0 radical (unpaired) electrons. The highest BCUT2D eigenvalue weighted by Gasteiger charge is 2.30. The van der Waals surface area contributed by atoms with E-state index in [1.165, 1.54) is 0 Å². The standard InChI is InChI=1S/C11H17N3O2/c1-4-14-9-6-13(7(2)3)5-8(9)10(12-14)11(15)16/h7H,4-6H2,1-3H3,(H,15,16). The van der Waals surface area contributed by atoms with E-state index < -0.39 is 5.97 Å². The average molecular weight is 223 g/mol. The van der Waals surface area contributed by atoms with Crippen LogP contribution in [-0.2, 0) is 19.6 Å². The number of rotatable bonds is 3. The molecule has 0 atom stereocenters. The van der Waals surface area contributed by atoms with Crippen molar-refractivity contribution < 1.29 is 9.90 Å². The molecule has 0 amide bonds. The van der Waals surface area contributed by atoms with Crippen molar-refractivity contribution in [2.75, 3.05) is 0 Å². The smallest absolute Gasteiger partial charge is 0.356 e. The van der Waals surface area contributed by atoms with Gasteiger partial charge in [-0.1, -0.05) is 0 Å². The van der Waals surface area contributed by atoms with Gasteiger partial charge in [0.1, 0.15) is 0 Å². The topological polar surface area (TPSA) is 58.4 Å². The number of carboxylic acid groups (broad SMARTS) is 1. The van der Waals surface area contributed by atoms with Crippen molar-refractivity contribution in [3.8, 4) is 0 Å². The Morgan fingerprint density at radius 1 is 1.50 bits per heavy atom. The molecule has 1 aliphatic heterocycles. The zero-order chi connectivity index (χ0) is 11.9. The third kappa shape index (κ3) is 1.61. The zero-order valence-electron chi connectivity index (χ0n) is 9.90. The molecule has 0 aliphatic carbocycles. The summed E-state index contributed by atoms with van der Waals surface area (Å²) in [4.78, 5) is 13.3. The lowest BCUT2D eigenvalue weighted by Gasteiger charge is -2.19. The second kappa shape index (κ2) is 3.90. The van der Waals surface area contributed by atoms with E-state index in [-0.39, 0.29) is 5.69 Å². The van der Waals surface area contributed by atoms with Crippen molar-refractivity contribution >= 4 is 5.97 Å². The summed E-state index contributed by atoms with van der Waals surface area (Å²) < 4.78 is 1.81. The highest BCUT2D eigenvalue weighted by Crippen LogP contribution is 2.27. The van der Waals surface area contributed by atoms with Crippen molar-refractivity contribution in [2.24, 2.45) is 0 Å². The van der Waals surface area contributed by atoms with Crippen LogP contribution in [0.25, 0.3) is 0 Å². The van der Waals surface area contributed by atoms with Gasteiger partial charge in [0.05, 0.1) is 5.69 Å². The molecular formula is C11H17N3O2. The third-order valence-corrected chi connectivity index (χ3v) is 3.11. The molecule has 88 valence electrons. The Bertz CT molecular complexity index is 423. The van der Waals surface area contributed by atoms with E-state index >= 15 is 0 Å². The van der Waals surface area contributed by atoms with Crippen molar-refractivity contribution in [3.05, 3.63) is 17.0 Å². The number of aryl methyl sites for hydroxylation is 1. The summed E-state index contributed by atoms with van der Waals surface area (Å²) in [5.41, 5.74) is 2.18. The van der Waals surface area contributed by atoms with Gasteiger partial charge < -0.3 is 5.11 Å². The molecule has 0 bridgehead atoms. The van der Waals surface area contributed by atoms with Gasteiger partial charge in [-0.15, -0.1) is 0 Å². The lowest BCUT2D eigenvalue weighted by Crippen LogP contribution is -2.26. The monoisotopic (exact) mass is 223 g/mol. The van der Waals surface area contributed by atoms with Crippen LogP contribution in [0, 0.1) is 0 Å². The minimum absolute atomic E-state index is 0.222. The summed E-state index contributed by atoms with van der Waals surface area (Å²) in [7, 11) is 0. The molecule has 1 aromatic rings. The van der Waals surface area contributed by atoms with Gasteiger partial charge in [0.15, 0.2) is 5.69 Å². The first-order valence-corrected chi connectivity index (χ1v) is 5.60.